The SMILES string of the molecule is Cc1cc(C)c2c(=O)n(C)c(-c3ccccc3)nc2n1. The molecule has 0 saturated heterocycles. The fourth-order valence-corrected chi connectivity index (χ4v) is 2.45. The largest absolute Gasteiger partial charge is 0.295 e. The van der Waals surface area contributed by atoms with Crippen LogP contribution < -0.4 is 5.56 Å². The van der Waals surface area contributed by atoms with E-state index in [4.69, 9.17) is 0 Å². The van der Waals surface area contributed by atoms with E-state index < -0.39 is 0 Å². The minimum Gasteiger partial charge on any atom is -0.295 e. The molecule has 100 valence electrons. The van der Waals surface area contributed by atoms with E-state index in [9.17, 15) is 4.79 Å². The molecule has 4 nitrogen and oxygen atoms in total. The van der Waals surface area contributed by atoms with E-state index in [2.05, 4.69) is 9.97 Å². The molecule has 0 atom stereocenters. The van der Waals surface area contributed by atoms with Gasteiger partial charge in [-0.1, -0.05) is 30.3 Å². The molecule has 0 aliphatic rings. The molecule has 0 unspecified atom stereocenters. The summed E-state index contributed by atoms with van der Waals surface area (Å²) in [6, 6.07) is 11.6. The molecule has 0 saturated carbocycles. The molecule has 4 heteroatoms. The summed E-state index contributed by atoms with van der Waals surface area (Å²) < 4.78 is 1.58. The van der Waals surface area contributed by atoms with Crippen molar-refractivity contribution in [3.8, 4) is 11.4 Å². The Bertz CT molecular complexity index is 851. The molecule has 0 fully saturated rings. The molecule has 2 heterocycles. The lowest BCUT2D eigenvalue weighted by molar-refractivity contribution is 0.850. The highest BCUT2D eigenvalue weighted by Crippen LogP contribution is 2.18. The van der Waals surface area contributed by atoms with Crippen LogP contribution in [0.2, 0.25) is 0 Å². The molecule has 20 heavy (non-hydrogen) atoms. The lowest BCUT2D eigenvalue weighted by Crippen LogP contribution is -2.21. The molecule has 0 N–H and O–H groups in total. The number of aryl methyl sites for hydroxylation is 2. The number of nitrogens with zero attached hydrogens (tertiary/aromatic N) is 3. The average Bonchev–Trinajstić information content (AvgIpc) is 2.43. The standard InChI is InChI=1S/C16H15N3O/c1-10-9-11(2)17-14-13(10)16(20)19(3)15(18-14)12-7-5-4-6-8-12/h4-9H,1-3H3. The van der Waals surface area contributed by atoms with E-state index in [1.54, 1.807) is 11.6 Å². The monoisotopic (exact) mass is 265 g/mol. The Morgan fingerprint density at radius 2 is 1.75 bits per heavy atom. The zero-order chi connectivity index (χ0) is 14.3. The van der Waals surface area contributed by atoms with Crippen LogP contribution in [0.15, 0.2) is 41.2 Å². The third-order valence-corrected chi connectivity index (χ3v) is 3.41. The van der Waals surface area contributed by atoms with E-state index >= 15 is 0 Å². The van der Waals surface area contributed by atoms with Crippen molar-refractivity contribution < 1.29 is 0 Å². The zero-order valence-corrected chi connectivity index (χ0v) is 11.7. The van der Waals surface area contributed by atoms with Crippen LogP contribution in [0.4, 0.5) is 0 Å². The van der Waals surface area contributed by atoms with Crippen LogP contribution in [0.1, 0.15) is 11.3 Å². The molecule has 0 radical (unpaired) electrons. The minimum absolute atomic E-state index is 0.0566. The first-order chi connectivity index (χ1) is 9.58. The number of fused-ring (bicyclic) bond motifs is 1. The quantitative estimate of drug-likeness (QED) is 0.679. The Labute approximate surface area is 116 Å². The average molecular weight is 265 g/mol. The van der Waals surface area contributed by atoms with Crippen molar-refractivity contribution in [1.29, 1.82) is 0 Å². The second-order valence-corrected chi connectivity index (χ2v) is 4.94. The maximum atomic E-state index is 12.5. The summed E-state index contributed by atoms with van der Waals surface area (Å²) >= 11 is 0. The number of hydrogen-bond acceptors (Lipinski definition) is 3. The Morgan fingerprint density at radius 1 is 1.05 bits per heavy atom. The van der Waals surface area contributed by atoms with E-state index in [1.807, 2.05) is 50.2 Å². The highest BCUT2D eigenvalue weighted by molar-refractivity contribution is 5.79. The predicted molar refractivity (Wildman–Crippen MR) is 79.7 cm³/mol. The molecular formula is C16H15N3O. The second kappa shape index (κ2) is 4.56. The van der Waals surface area contributed by atoms with Gasteiger partial charge in [-0.15, -0.1) is 0 Å². The van der Waals surface area contributed by atoms with Crippen LogP contribution in [-0.2, 0) is 7.05 Å². The van der Waals surface area contributed by atoms with Crippen molar-refractivity contribution in [3.63, 3.8) is 0 Å². The summed E-state index contributed by atoms with van der Waals surface area (Å²) in [5.41, 5.74) is 3.16. The van der Waals surface area contributed by atoms with Crippen molar-refractivity contribution >= 4 is 11.0 Å². The lowest BCUT2D eigenvalue weighted by atomic mass is 10.1. The van der Waals surface area contributed by atoms with Gasteiger partial charge in [0, 0.05) is 18.3 Å². The summed E-state index contributed by atoms with van der Waals surface area (Å²) in [7, 11) is 1.75. The Kier molecular flexibility index (Phi) is 2.86. The van der Waals surface area contributed by atoms with Gasteiger partial charge in [-0.05, 0) is 25.5 Å². The first-order valence-electron chi connectivity index (χ1n) is 6.48. The number of pyridine rings is 1. The topological polar surface area (TPSA) is 47.8 Å². The van der Waals surface area contributed by atoms with Gasteiger partial charge < -0.3 is 0 Å². The van der Waals surface area contributed by atoms with Crippen LogP contribution in [-0.4, -0.2) is 14.5 Å². The van der Waals surface area contributed by atoms with Gasteiger partial charge in [0.25, 0.3) is 5.56 Å². The van der Waals surface area contributed by atoms with Crippen LogP contribution in [0.25, 0.3) is 22.4 Å². The molecule has 0 amide bonds. The molecule has 3 aromatic rings. The van der Waals surface area contributed by atoms with Gasteiger partial charge in [-0.25, -0.2) is 9.97 Å². The van der Waals surface area contributed by atoms with Gasteiger partial charge >= 0.3 is 0 Å². The Hall–Kier alpha value is -2.49. The van der Waals surface area contributed by atoms with Crippen molar-refractivity contribution in [1.82, 2.24) is 14.5 Å². The maximum absolute atomic E-state index is 12.5. The summed E-state index contributed by atoms with van der Waals surface area (Å²) in [5.74, 6) is 0.639. The van der Waals surface area contributed by atoms with Gasteiger partial charge in [0.2, 0.25) is 0 Å². The van der Waals surface area contributed by atoms with E-state index in [-0.39, 0.29) is 5.56 Å². The minimum atomic E-state index is -0.0566. The van der Waals surface area contributed by atoms with Crippen molar-refractivity contribution in [3.05, 3.63) is 58.0 Å². The fourth-order valence-electron chi connectivity index (χ4n) is 2.45. The van der Waals surface area contributed by atoms with Crippen molar-refractivity contribution in [2.75, 3.05) is 0 Å². The summed E-state index contributed by atoms with van der Waals surface area (Å²) in [5, 5.41) is 0.595. The Balaban J connectivity index is 2.42. The van der Waals surface area contributed by atoms with Gasteiger partial charge in [0.05, 0.1) is 5.39 Å². The predicted octanol–water partition coefficient (Wildman–Crippen LogP) is 2.61. The number of benzene rings is 1. The molecule has 0 aliphatic heterocycles. The highest BCUT2D eigenvalue weighted by Gasteiger charge is 2.13. The van der Waals surface area contributed by atoms with Gasteiger partial charge in [0.1, 0.15) is 5.82 Å². The van der Waals surface area contributed by atoms with E-state index in [0.29, 0.717) is 16.9 Å². The van der Waals surface area contributed by atoms with Gasteiger partial charge in [-0.2, -0.15) is 0 Å². The molecule has 0 spiro atoms. The number of aromatic nitrogens is 3. The molecule has 3 rings (SSSR count). The van der Waals surface area contributed by atoms with Gasteiger partial charge in [-0.3, -0.25) is 9.36 Å². The zero-order valence-electron chi connectivity index (χ0n) is 11.7. The summed E-state index contributed by atoms with van der Waals surface area (Å²) in [4.78, 5) is 21.5. The van der Waals surface area contributed by atoms with Crippen LogP contribution in [0.5, 0.6) is 0 Å². The fraction of sp³-hybridized carbons (Fsp3) is 0.188. The van der Waals surface area contributed by atoms with E-state index in [1.165, 1.54) is 0 Å². The maximum Gasteiger partial charge on any atom is 0.263 e. The highest BCUT2D eigenvalue weighted by atomic mass is 16.1. The summed E-state index contributed by atoms with van der Waals surface area (Å²) in [6.45, 7) is 3.83. The van der Waals surface area contributed by atoms with Gasteiger partial charge in [0.15, 0.2) is 5.65 Å². The first kappa shape index (κ1) is 12.5. The lowest BCUT2D eigenvalue weighted by Gasteiger charge is -2.10. The third kappa shape index (κ3) is 1.90. The van der Waals surface area contributed by atoms with Crippen molar-refractivity contribution in [2.24, 2.45) is 7.05 Å². The molecular weight excluding hydrogens is 250 g/mol. The normalized spacial score (nSPS) is 10.9. The number of hydrogen-bond donors (Lipinski definition) is 0. The third-order valence-electron chi connectivity index (χ3n) is 3.41. The molecule has 0 bridgehead atoms. The first-order valence-corrected chi connectivity index (χ1v) is 6.48. The summed E-state index contributed by atoms with van der Waals surface area (Å²) in [6.07, 6.45) is 0. The van der Waals surface area contributed by atoms with E-state index in [0.717, 1.165) is 16.8 Å². The Morgan fingerprint density at radius 3 is 2.45 bits per heavy atom. The van der Waals surface area contributed by atoms with Crippen LogP contribution in [0, 0.1) is 13.8 Å². The smallest absolute Gasteiger partial charge is 0.263 e. The molecule has 1 aromatic carbocycles. The van der Waals surface area contributed by atoms with Crippen molar-refractivity contribution in [2.45, 2.75) is 13.8 Å². The van der Waals surface area contributed by atoms with Crippen LogP contribution >= 0.6 is 0 Å². The molecule has 0 aliphatic carbocycles. The van der Waals surface area contributed by atoms with Crippen LogP contribution in [0.3, 0.4) is 0 Å². The number of rotatable bonds is 1. The molecule has 2 aromatic heterocycles. The second-order valence-electron chi connectivity index (χ2n) is 4.94.